The second-order valence-electron chi connectivity index (χ2n) is 15.7. The number of aryl methyl sites for hydroxylation is 1. The Morgan fingerprint density at radius 1 is 0.477 bits per heavy atom. The number of hydrogen-bond donors (Lipinski definition) is 0. The second-order valence-corrected chi connectivity index (χ2v) is 15.7. The van der Waals surface area contributed by atoms with E-state index in [0.717, 1.165) is 23.0 Å². The van der Waals surface area contributed by atoms with Crippen LogP contribution in [-0.4, -0.2) is 14.1 Å². The highest BCUT2D eigenvalue weighted by molar-refractivity contribution is 6.12. The summed E-state index contributed by atoms with van der Waals surface area (Å²) < 4.78 is 130. The SMILES string of the molecule is Cc1ccc(-c2ccc3c(c2)c2ccccc2n3-c2ccncc2-c2cc(-n3c4ccccc4c4cc(-c5ccc(C(F)(F)F)cc5C(F)(F)F)ccc43)ccc2C#N)c(C(F)(F)F)c1. The van der Waals surface area contributed by atoms with E-state index >= 15 is 0 Å². The summed E-state index contributed by atoms with van der Waals surface area (Å²) in [6.07, 6.45) is -11.4. The number of para-hydroxylation sites is 2. The number of halogens is 9. The van der Waals surface area contributed by atoms with Crippen molar-refractivity contribution in [3.63, 3.8) is 0 Å². The summed E-state index contributed by atoms with van der Waals surface area (Å²) in [5.74, 6) is 0. The number of aromatic nitrogens is 3. The van der Waals surface area contributed by atoms with Crippen LogP contribution < -0.4 is 0 Å². The predicted octanol–water partition coefficient (Wildman–Crippen LogP) is 15.5. The maximum atomic E-state index is 14.3. The molecule has 0 N–H and O–H groups in total. The van der Waals surface area contributed by atoms with Gasteiger partial charge in [0.25, 0.3) is 0 Å². The first-order valence-electron chi connectivity index (χ1n) is 20.0. The van der Waals surface area contributed by atoms with Crippen molar-refractivity contribution < 1.29 is 39.5 Å². The van der Waals surface area contributed by atoms with Crippen LogP contribution in [0.1, 0.15) is 27.8 Å². The molecule has 0 atom stereocenters. The van der Waals surface area contributed by atoms with Crippen LogP contribution >= 0.6 is 0 Å². The molecule has 10 aromatic rings. The molecular weight excluding hydrogens is 852 g/mol. The summed E-state index contributed by atoms with van der Waals surface area (Å²) in [6, 6.07) is 39.7. The maximum absolute atomic E-state index is 14.3. The highest BCUT2D eigenvalue weighted by Gasteiger charge is 2.39. The Bertz CT molecular complexity index is 3600. The van der Waals surface area contributed by atoms with Gasteiger partial charge in [0.15, 0.2) is 0 Å². The van der Waals surface area contributed by atoms with Crippen LogP contribution in [0.2, 0.25) is 0 Å². The zero-order chi connectivity index (χ0) is 45.6. The Kier molecular flexibility index (Phi) is 9.42. The van der Waals surface area contributed by atoms with Crippen molar-refractivity contribution in [2.24, 2.45) is 0 Å². The average Bonchev–Trinajstić information content (AvgIpc) is 3.80. The Morgan fingerprint density at radius 2 is 1.03 bits per heavy atom. The Hall–Kier alpha value is -7.85. The van der Waals surface area contributed by atoms with E-state index in [9.17, 15) is 44.8 Å². The normalized spacial score (nSPS) is 12.4. The molecule has 0 amide bonds. The zero-order valence-electron chi connectivity index (χ0n) is 33.7. The fourth-order valence-electron chi connectivity index (χ4n) is 8.95. The number of rotatable bonds is 5. The van der Waals surface area contributed by atoms with Crippen molar-refractivity contribution in [2.75, 3.05) is 0 Å². The standard InChI is InChI=1S/C52H29F9N4/c1-29-10-16-35(43(22-29)51(56,57)58)30-13-19-48-41(24-30)38-7-3-5-9-46(38)65(48)49-20-21-63-28-42(49)39-26-34(15-11-32(39)27-62)64-45-8-4-2-6-37(45)40-23-31(12-18-47(40)64)36-17-14-33(50(53,54)55)25-44(36)52(59,60)61/h2-26,28H,1H3. The summed E-state index contributed by atoms with van der Waals surface area (Å²) in [7, 11) is 0. The average molecular weight is 881 g/mol. The largest absolute Gasteiger partial charge is 0.417 e. The smallest absolute Gasteiger partial charge is 0.309 e. The molecule has 0 aliphatic carbocycles. The number of pyridine rings is 1. The van der Waals surface area contributed by atoms with Crippen LogP contribution in [-0.2, 0) is 18.5 Å². The van der Waals surface area contributed by atoms with Gasteiger partial charge in [0.1, 0.15) is 0 Å². The van der Waals surface area contributed by atoms with Crippen LogP contribution in [0, 0.1) is 18.3 Å². The first kappa shape index (κ1) is 41.2. The van der Waals surface area contributed by atoms with Gasteiger partial charge >= 0.3 is 18.5 Å². The fourth-order valence-corrected chi connectivity index (χ4v) is 8.95. The Labute approximate surface area is 363 Å². The minimum atomic E-state index is -5.08. The molecule has 0 aliphatic rings. The van der Waals surface area contributed by atoms with E-state index in [1.807, 2.05) is 45.5 Å². The molecule has 0 spiro atoms. The van der Waals surface area contributed by atoms with Crippen molar-refractivity contribution in [1.29, 1.82) is 5.26 Å². The summed E-state index contributed by atoms with van der Waals surface area (Å²) >= 11 is 0. The second kappa shape index (κ2) is 14.9. The molecule has 320 valence electrons. The quantitative estimate of drug-likeness (QED) is 0.162. The van der Waals surface area contributed by atoms with Crippen molar-refractivity contribution in [1.82, 2.24) is 14.1 Å². The van der Waals surface area contributed by atoms with E-state index in [1.165, 1.54) is 18.2 Å². The molecule has 65 heavy (non-hydrogen) atoms. The van der Waals surface area contributed by atoms with Crippen molar-refractivity contribution in [2.45, 2.75) is 25.5 Å². The minimum absolute atomic E-state index is 0.0499. The first-order valence-corrected chi connectivity index (χ1v) is 20.0. The van der Waals surface area contributed by atoms with Crippen LogP contribution in [0.15, 0.2) is 158 Å². The third-order valence-electron chi connectivity index (χ3n) is 11.8. The van der Waals surface area contributed by atoms with Gasteiger partial charge < -0.3 is 9.13 Å². The van der Waals surface area contributed by atoms with E-state index in [0.29, 0.717) is 78.0 Å². The molecule has 3 heterocycles. The summed E-state index contributed by atoms with van der Waals surface area (Å²) in [4.78, 5) is 4.46. The molecule has 13 heteroatoms. The highest BCUT2D eigenvalue weighted by atomic mass is 19.4. The van der Waals surface area contributed by atoms with Gasteiger partial charge in [0.2, 0.25) is 0 Å². The number of hydrogen-bond acceptors (Lipinski definition) is 2. The lowest BCUT2D eigenvalue weighted by molar-refractivity contribution is -0.143. The molecule has 0 saturated heterocycles. The highest BCUT2D eigenvalue weighted by Crippen LogP contribution is 2.45. The number of nitrogens with zero attached hydrogens (tertiary/aromatic N) is 4. The molecule has 0 saturated carbocycles. The third-order valence-corrected chi connectivity index (χ3v) is 11.8. The van der Waals surface area contributed by atoms with E-state index in [2.05, 4.69) is 11.1 Å². The molecule has 0 radical (unpaired) electrons. The van der Waals surface area contributed by atoms with Gasteiger partial charge in [0, 0.05) is 50.8 Å². The van der Waals surface area contributed by atoms with E-state index in [-0.39, 0.29) is 17.2 Å². The number of benzene rings is 7. The van der Waals surface area contributed by atoms with Crippen LogP contribution in [0.4, 0.5) is 39.5 Å². The molecule has 7 aromatic carbocycles. The molecule has 0 aliphatic heterocycles. The topological polar surface area (TPSA) is 46.5 Å². The first-order chi connectivity index (χ1) is 31.0. The van der Waals surface area contributed by atoms with Gasteiger partial charge in [-0.15, -0.1) is 0 Å². The maximum Gasteiger partial charge on any atom is 0.417 e. The van der Waals surface area contributed by atoms with Gasteiger partial charge in [0.05, 0.1) is 56.1 Å². The number of fused-ring (bicyclic) bond motifs is 6. The lowest BCUT2D eigenvalue weighted by Crippen LogP contribution is -2.12. The zero-order valence-corrected chi connectivity index (χ0v) is 33.7. The summed E-state index contributed by atoms with van der Waals surface area (Å²) in [5, 5.41) is 13.2. The lowest BCUT2D eigenvalue weighted by Gasteiger charge is -2.17. The van der Waals surface area contributed by atoms with Gasteiger partial charge in [-0.3, -0.25) is 4.98 Å². The van der Waals surface area contributed by atoms with E-state index in [4.69, 9.17) is 0 Å². The van der Waals surface area contributed by atoms with Gasteiger partial charge in [-0.1, -0.05) is 72.3 Å². The Morgan fingerprint density at radius 3 is 1.63 bits per heavy atom. The molecule has 10 rings (SSSR count). The molecular formula is C52H29F9N4. The fraction of sp³-hybridized carbons (Fsp3) is 0.0769. The molecule has 0 fully saturated rings. The van der Waals surface area contributed by atoms with E-state index in [1.54, 1.807) is 86.0 Å². The lowest BCUT2D eigenvalue weighted by atomic mass is 9.95. The third kappa shape index (κ3) is 6.93. The van der Waals surface area contributed by atoms with Gasteiger partial charge in [-0.25, -0.2) is 0 Å². The molecule has 0 unspecified atom stereocenters. The number of nitriles is 1. The minimum Gasteiger partial charge on any atom is -0.309 e. The number of alkyl halides is 9. The van der Waals surface area contributed by atoms with Crippen LogP contribution in [0.25, 0.3) is 88.4 Å². The summed E-state index contributed by atoms with van der Waals surface area (Å²) in [5.41, 5.74) is 2.29. The van der Waals surface area contributed by atoms with Crippen LogP contribution in [0.3, 0.4) is 0 Å². The molecule has 0 bridgehead atoms. The summed E-state index contributed by atoms with van der Waals surface area (Å²) in [6.45, 7) is 1.61. The van der Waals surface area contributed by atoms with Crippen molar-refractivity contribution >= 4 is 43.6 Å². The van der Waals surface area contributed by atoms with Crippen molar-refractivity contribution in [3.05, 3.63) is 186 Å². The van der Waals surface area contributed by atoms with Gasteiger partial charge in [-0.2, -0.15) is 44.8 Å². The van der Waals surface area contributed by atoms with Gasteiger partial charge in [-0.05, 0) is 108 Å². The monoisotopic (exact) mass is 880 g/mol. The molecule has 4 nitrogen and oxygen atoms in total. The van der Waals surface area contributed by atoms with Crippen molar-refractivity contribution in [3.8, 4) is 50.8 Å². The van der Waals surface area contributed by atoms with Crippen LogP contribution in [0.5, 0.6) is 0 Å². The van der Waals surface area contributed by atoms with E-state index < -0.39 is 40.8 Å². The Balaban J connectivity index is 1.15. The molecule has 3 aromatic heterocycles. The predicted molar refractivity (Wildman–Crippen MR) is 234 cm³/mol.